The molecule has 0 saturated carbocycles. The van der Waals surface area contributed by atoms with Crippen molar-refractivity contribution >= 4 is 15.9 Å². The van der Waals surface area contributed by atoms with E-state index in [1.54, 1.807) is 10.4 Å². The molecule has 1 saturated heterocycles. The molecule has 166 valence electrons. The Balaban J connectivity index is 1.31. The number of sulfonamides is 1. The van der Waals surface area contributed by atoms with Gasteiger partial charge >= 0.3 is 0 Å². The Morgan fingerprint density at radius 2 is 1.65 bits per heavy atom. The molecule has 0 spiro atoms. The van der Waals surface area contributed by atoms with Gasteiger partial charge in [0, 0.05) is 26.2 Å². The van der Waals surface area contributed by atoms with Crippen LogP contribution >= 0.6 is 0 Å². The number of amides is 1. The Bertz CT molecular complexity index is 1020. The molecule has 7 heteroatoms. The van der Waals surface area contributed by atoms with E-state index >= 15 is 0 Å². The number of rotatable bonds is 6. The Morgan fingerprint density at radius 1 is 0.968 bits per heavy atom. The fourth-order valence-corrected chi connectivity index (χ4v) is 5.94. The smallest absolute Gasteiger partial charge is 0.243 e. The summed E-state index contributed by atoms with van der Waals surface area (Å²) < 4.78 is 27.8. The molecule has 0 bridgehead atoms. The summed E-state index contributed by atoms with van der Waals surface area (Å²) in [5.74, 6) is -0.0395. The third kappa shape index (κ3) is 5.17. The van der Waals surface area contributed by atoms with Crippen molar-refractivity contribution in [3.63, 3.8) is 0 Å². The van der Waals surface area contributed by atoms with Crippen LogP contribution in [0.2, 0.25) is 0 Å². The molecule has 1 aliphatic heterocycles. The molecule has 1 amide bonds. The van der Waals surface area contributed by atoms with Crippen LogP contribution in [-0.2, 0) is 27.7 Å². The fourth-order valence-electron chi connectivity index (χ4n) is 4.46. The Labute approximate surface area is 185 Å². The zero-order valence-corrected chi connectivity index (χ0v) is 18.9. The number of nitrogens with one attached hydrogen (secondary N) is 1. The third-order valence-electron chi connectivity index (χ3n) is 6.33. The maximum absolute atomic E-state index is 13.1. The van der Waals surface area contributed by atoms with E-state index in [1.165, 1.54) is 17.5 Å². The van der Waals surface area contributed by atoms with Crippen molar-refractivity contribution in [1.29, 1.82) is 0 Å². The highest BCUT2D eigenvalue weighted by Crippen LogP contribution is 2.26. The van der Waals surface area contributed by atoms with Crippen molar-refractivity contribution in [2.75, 3.05) is 32.7 Å². The molecule has 2 aromatic carbocycles. The lowest BCUT2D eigenvalue weighted by atomic mass is 9.92. The number of carbonyl (C=O) groups is 1. The zero-order valence-electron chi connectivity index (χ0n) is 18.1. The van der Waals surface area contributed by atoms with Gasteiger partial charge in [0.2, 0.25) is 15.9 Å². The number of carbonyl (C=O) groups excluding carboxylic acids is 1. The largest absolute Gasteiger partial charge is 0.348 e. The SMILES string of the molecule is C[C@@H](NC(=O)CN1CCN(S(=O)(=O)c2ccc3c(c2)CCCC3)CC1)c1ccccc1. The lowest BCUT2D eigenvalue weighted by molar-refractivity contribution is -0.123. The van der Waals surface area contributed by atoms with Gasteiger partial charge in [-0.2, -0.15) is 4.31 Å². The summed E-state index contributed by atoms with van der Waals surface area (Å²) in [5, 5.41) is 3.03. The van der Waals surface area contributed by atoms with Gasteiger partial charge in [-0.25, -0.2) is 8.42 Å². The normalized spacial score (nSPS) is 18.9. The predicted octanol–water partition coefficient (Wildman–Crippen LogP) is 2.75. The van der Waals surface area contributed by atoms with Gasteiger partial charge < -0.3 is 5.32 Å². The molecule has 4 rings (SSSR count). The van der Waals surface area contributed by atoms with Crippen LogP contribution in [0.1, 0.15) is 42.5 Å². The average molecular weight is 442 g/mol. The molecule has 1 aliphatic carbocycles. The van der Waals surface area contributed by atoms with Crippen molar-refractivity contribution < 1.29 is 13.2 Å². The summed E-state index contributed by atoms with van der Waals surface area (Å²) in [6.45, 7) is 4.16. The molecule has 0 aromatic heterocycles. The highest BCUT2D eigenvalue weighted by molar-refractivity contribution is 7.89. The van der Waals surface area contributed by atoms with Crippen LogP contribution in [0.4, 0.5) is 0 Å². The highest BCUT2D eigenvalue weighted by atomic mass is 32.2. The van der Waals surface area contributed by atoms with E-state index in [4.69, 9.17) is 0 Å². The molecule has 1 heterocycles. The number of hydrogen-bond acceptors (Lipinski definition) is 4. The molecule has 2 aromatic rings. The van der Waals surface area contributed by atoms with E-state index in [9.17, 15) is 13.2 Å². The zero-order chi connectivity index (χ0) is 21.8. The topological polar surface area (TPSA) is 69.7 Å². The minimum absolute atomic E-state index is 0.0395. The predicted molar refractivity (Wildman–Crippen MR) is 121 cm³/mol. The van der Waals surface area contributed by atoms with Gasteiger partial charge in [0.15, 0.2) is 0 Å². The molecule has 1 fully saturated rings. The van der Waals surface area contributed by atoms with Crippen LogP contribution in [0.25, 0.3) is 0 Å². The van der Waals surface area contributed by atoms with Crippen LogP contribution in [0.3, 0.4) is 0 Å². The van der Waals surface area contributed by atoms with Gasteiger partial charge in [0.05, 0.1) is 17.5 Å². The first-order chi connectivity index (χ1) is 14.9. The van der Waals surface area contributed by atoms with E-state index in [-0.39, 0.29) is 18.5 Å². The van der Waals surface area contributed by atoms with E-state index < -0.39 is 10.0 Å². The van der Waals surface area contributed by atoms with Crippen molar-refractivity contribution in [1.82, 2.24) is 14.5 Å². The molecule has 0 radical (unpaired) electrons. The summed E-state index contributed by atoms with van der Waals surface area (Å²) in [5.41, 5.74) is 3.53. The quantitative estimate of drug-likeness (QED) is 0.748. The summed E-state index contributed by atoms with van der Waals surface area (Å²) in [6.07, 6.45) is 4.31. The van der Waals surface area contributed by atoms with Crippen LogP contribution in [0.5, 0.6) is 0 Å². The molecule has 0 unspecified atom stereocenters. The average Bonchev–Trinajstić information content (AvgIpc) is 2.79. The van der Waals surface area contributed by atoms with Crippen molar-refractivity contribution in [2.24, 2.45) is 0 Å². The summed E-state index contributed by atoms with van der Waals surface area (Å²) >= 11 is 0. The Hall–Kier alpha value is -2.22. The Morgan fingerprint density at radius 3 is 2.35 bits per heavy atom. The van der Waals surface area contributed by atoms with Crippen LogP contribution in [-0.4, -0.2) is 56.3 Å². The second-order valence-electron chi connectivity index (χ2n) is 8.52. The van der Waals surface area contributed by atoms with Gasteiger partial charge in [-0.1, -0.05) is 36.4 Å². The molecule has 1 atom stereocenters. The van der Waals surface area contributed by atoms with Crippen LogP contribution < -0.4 is 5.32 Å². The first-order valence-corrected chi connectivity index (χ1v) is 12.6. The van der Waals surface area contributed by atoms with Crippen molar-refractivity contribution in [2.45, 2.75) is 43.5 Å². The van der Waals surface area contributed by atoms with E-state index in [1.807, 2.05) is 54.3 Å². The number of fused-ring (bicyclic) bond motifs is 1. The first kappa shape index (κ1) is 22.0. The lowest BCUT2D eigenvalue weighted by Gasteiger charge is -2.34. The second-order valence-corrected chi connectivity index (χ2v) is 10.5. The van der Waals surface area contributed by atoms with Gasteiger partial charge in [0.25, 0.3) is 0 Å². The third-order valence-corrected chi connectivity index (χ3v) is 8.23. The molecule has 2 aliphatic rings. The molecular weight excluding hydrogens is 410 g/mol. The number of nitrogens with zero attached hydrogens (tertiary/aromatic N) is 2. The summed E-state index contributed by atoms with van der Waals surface area (Å²) in [6, 6.07) is 15.4. The van der Waals surface area contributed by atoms with E-state index in [0.29, 0.717) is 31.1 Å². The van der Waals surface area contributed by atoms with Gasteiger partial charge in [-0.05, 0) is 61.4 Å². The monoisotopic (exact) mass is 441 g/mol. The number of benzene rings is 2. The van der Waals surface area contributed by atoms with Crippen molar-refractivity contribution in [3.8, 4) is 0 Å². The highest BCUT2D eigenvalue weighted by Gasteiger charge is 2.30. The van der Waals surface area contributed by atoms with E-state index in [2.05, 4.69) is 5.32 Å². The fraction of sp³-hybridized carbons (Fsp3) is 0.458. The molecular formula is C24H31N3O3S. The number of hydrogen-bond donors (Lipinski definition) is 1. The lowest BCUT2D eigenvalue weighted by Crippen LogP contribution is -2.51. The maximum Gasteiger partial charge on any atom is 0.243 e. The number of piperazine rings is 1. The maximum atomic E-state index is 13.1. The van der Waals surface area contributed by atoms with E-state index in [0.717, 1.165) is 24.8 Å². The Kier molecular flexibility index (Phi) is 6.74. The van der Waals surface area contributed by atoms with Crippen molar-refractivity contribution in [3.05, 3.63) is 65.2 Å². The first-order valence-electron chi connectivity index (χ1n) is 11.1. The summed E-state index contributed by atoms with van der Waals surface area (Å²) in [4.78, 5) is 14.9. The minimum Gasteiger partial charge on any atom is -0.348 e. The standard InChI is InChI=1S/C24H31N3O3S/c1-19(20-7-3-2-4-8-20)25-24(28)18-26-13-15-27(16-14-26)31(29,30)23-12-11-21-9-5-6-10-22(21)17-23/h2-4,7-8,11-12,17,19H,5-6,9-10,13-16,18H2,1H3,(H,25,28)/t19-/m1/s1. The minimum atomic E-state index is -3.50. The van der Waals surface area contributed by atoms with Crippen LogP contribution in [0.15, 0.2) is 53.4 Å². The molecule has 31 heavy (non-hydrogen) atoms. The van der Waals surface area contributed by atoms with Gasteiger partial charge in [-0.3, -0.25) is 9.69 Å². The van der Waals surface area contributed by atoms with Crippen LogP contribution in [0, 0.1) is 0 Å². The molecule has 1 N–H and O–H groups in total. The van der Waals surface area contributed by atoms with Gasteiger partial charge in [0.1, 0.15) is 0 Å². The number of aryl methyl sites for hydroxylation is 2. The van der Waals surface area contributed by atoms with Gasteiger partial charge in [-0.15, -0.1) is 0 Å². The second kappa shape index (κ2) is 9.51. The summed E-state index contributed by atoms with van der Waals surface area (Å²) in [7, 11) is -3.50. The molecule has 6 nitrogen and oxygen atoms in total.